The maximum atomic E-state index is 12.5. The molecule has 0 aliphatic carbocycles. The number of benzene rings is 1. The molecule has 8 nitrogen and oxygen atoms in total. The molecule has 3 rings (SSSR count). The van der Waals surface area contributed by atoms with Gasteiger partial charge in [0.25, 0.3) is 11.8 Å². The predicted octanol–water partition coefficient (Wildman–Crippen LogP) is 0.886. The highest BCUT2D eigenvalue weighted by atomic mass is 32.2. The van der Waals surface area contributed by atoms with Crippen molar-refractivity contribution < 1.29 is 18.4 Å². The Morgan fingerprint density at radius 1 is 0.962 bits per heavy atom. The highest BCUT2D eigenvalue weighted by molar-refractivity contribution is 7.80. The Balaban J connectivity index is 1.58. The van der Waals surface area contributed by atoms with Crippen molar-refractivity contribution in [1.82, 2.24) is 14.8 Å². The number of aromatic nitrogens is 1. The molecule has 0 bridgehead atoms. The van der Waals surface area contributed by atoms with Crippen LogP contribution >= 0.6 is 0 Å². The van der Waals surface area contributed by atoms with E-state index in [-0.39, 0.29) is 11.8 Å². The largest absolute Gasteiger partial charge is 0.755 e. The SMILES string of the molecule is O=C(c1ccc(NS(=O)[O-])cc1)N1CCN(C(=O)c2ccccn2)CC1. The molecule has 2 aromatic rings. The third-order valence-corrected chi connectivity index (χ3v) is 4.47. The fourth-order valence-corrected chi connectivity index (χ4v) is 3.05. The third kappa shape index (κ3) is 4.24. The van der Waals surface area contributed by atoms with Gasteiger partial charge in [-0.1, -0.05) is 6.07 Å². The highest BCUT2D eigenvalue weighted by Gasteiger charge is 2.25. The molecule has 1 fully saturated rings. The lowest BCUT2D eigenvalue weighted by molar-refractivity contribution is 0.0532. The Morgan fingerprint density at radius 3 is 2.12 bits per heavy atom. The summed E-state index contributed by atoms with van der Waals surface area (Å²) in [5.41, 5.74) is 1.25. The van der Waals surface area contributed by atoms with E-state index in [0.29, 0.717) is 43.1 Å². The standard InChI is InChI=1S/C17H18N4O4S/c22-16(13-4-6-14(7-5-13)19-26(24)25)20-9-11-21(12-10-20)17(23)15-3-1-2-8-18-15/h1-8,19H,9-12H2,(H,24,25)/p-1. The summed E-state index contributed by atoms with van der Waals surface area (Å²) in [6.45, 7) is 1.75. The summed E-state index contributed by atoms with van der Waals surface area (Å²) in [4.78, 5) is 32.3. The molecule has 2 heterocycles. The zero-order valence-electron chi connectivity index (χ0n) is 13.8. The molecule has 136 valence electrons. The van der Waals surface area contributed by atoms with Crippen LogP contribution in [0.15, 0.2) is 48.7 Å². The van der Waals surface area contributed by atoms with Crippen LogP contribution in [-0.2, 0) is 11.3 Å². The maximum Gasteiger partial charge on any atom is 0.272 e. The number of nitrogens with zero attached hydrogens (tertiary/aromatic N) is 3. The summed E-state index contributed by atoms with van der Waals surface area (Å²) in [6.07, 6.45) is 1.58. The Morgan fingerprint density at radius 2 is 1.58 bits per heavy atom. The normalized spacial score (nSPS) is 15.4. The van der Waals surface area contributed by atoms with Crippen molar-refractivity contribution in [3.05, 3.63) is 59.9 Å². The Kier molecular flexibility index (Phi) is 5.59. The van der Waals surface area contributed by atoms with Gasteiger partial charge in [0.2, 0.25) is 0 Å². The Hall–Kier alpha value is -2.78. The van der Waals surface area contributed by atoms with Crippen molar-refractivity contribution in [2.45, 2.75) is 0 Å². The molecule has 1 atom stereocenters. The van der Waals surface area contributed by atoms with Crippen molar-refractivity contribution in [2.75, 3.05) is 30.9 Å². The summed E-state index contributed by atoms with van der Waals surface area (Å²) >= 11 is -2.40. The highest BCUT2D eigenvalue weighted by Crippen LogP contribution is 2.14. The number of rotatable bonds is 4. The van der Waals surface area contributed by atoms with Crippen molar-refractivity contribution in [2.24, 2.45) is 0 Å². The van der Waals surface area contributed by atoms with E-state index < -0.39 is 11.3 Å². The van der Waals surface area contributed by atoms with Crippen LogP contribution in [0.25, 0.3) is 0 Å². The van der Waals surface area contributed by atoms with Crippen LogP contribution in [-0.4, -0.2) is 61.5 Å². The molecule has 1 N–H and O–H groups in total. The lowest BCUT2D eigenvalue weighted by Gasteiger charge is -2.34. The topological polar surface area (TPSA) is 106 Å². The smallest absolute Gasteiger partial charge is 0.272 e. The number of hydrogen-bond acceptors (Lipinski definition) is 5. The quantitative estimate of drug-likeness (QED) is 0.801. The summed E-state index contributed by atoms with van der Waals surface area (Å²) in [7, 11) is 0. The van der Waals surface area contributed by atoms with Crippen LogP contribution in [0.2, 0.25) is 0 Å². The van der Waals surface area contributed by atoms with E-state index in [1.807, 2.05) is 0 Å². The molecule has 9 heteroatoms. The number of anilines is 1. The van der Waals surface area contributed by atoms with Crippen LogP contribution in [0, 0.1) is 0 Å². The zero-order chi connectivity index (χ0) is 18.5. The molecule has 2 amide bonds. The van der Waals surface area contributed by atoms with Crippen LogP contribution < -0.4 is 4.72 Å². The predicted molar refractivity (Wildman–Crippen MR) is 95.0 cm³/mol. The van der Waals surface area contributed by atoms with Crippen LogP contribution in [0.5, 0.6) is 0 Å². The Labute approximate surface area is 153 Å². The number of piperazine rings is 1. The van der Waals surface area contributed by atoms with E-state index in [2.05, 4.69) is 9.71 Å². The third-order valence-electron chi connectivity index (χ3n) is 4.07. The molecule has 0 radical (unpaired) electrons. The van der Waals surface area contributed by atoms with E-state index in [0.717, 1.165) is 0 Å². The second-order valence-electron chi connectivity index (χ2n) is 5.71. The molecule has 0 spiro atoms. The molecule has 1 aromatic carbocycles. The molecule has 1 unspecified atom stereocenters. The summed E-state index contributed by atoms with van der Waals surface area (Å²) in [5.74, 6) is -0.288. The number of pyridine rings is 1. The number of nitrogens with one attached hydrogen (secondary N) is 1. The lowest BCUT2D eigenvalue weighted by atomic mass is 10.1. The zero-order valence-corrected chi connectivity index (χ0v) is 14.6. The van der Waals surface area contributed by atoms with Gasteiger partial charge in [0.15, 0.2) is 0 Å². The van der Waals surface area contributed by atoms with Gasteiger partial charge in [-0.3, -0.25) is 18.8 Å². The Bertz CT molecular complexity index is 805. The van der Waals surface area contributed by atoms with Crippen molar-refractivity contribution in [1.29, 1.82) is 0 Å². The number of carbonyl (C=O) groups is 2. The van der Waals surface area contributed by atoms with E-state index in [1.54, 1.807) is 46.3 Å². The second kappa shape index (κ2) is 8.07. The van der Waals surface area contributed by atoms with Crippen molar-refractivity contribution in [3.63, 3.8) is 0 Å². The number of carbonyl (C=O) groups excluding carboxylic acids is 2. The van der Waals surface area contributed by atoms with Gasteiger partial charge in [0.1, 0.15) is 5.69 Å². The molecule has 1 aliphatic rings. The number of amides is 2. The molecule has 1 aromatic heterocycles. The summed E-state index contributed by atoms with van der Waals surface area (Å²) < 4.78 is 23.4. The summed E-state index contributed by atoms with van der Waals surface area (Å²) in [5, 5.41) is 0. The van der Waals surface area contributed by atoms with E-state index in [9.17, 15) is 18.4 Å². The lowest BCUT2D eigenvalue weighted by Crippen LogP contribution is -2.50. The monoisotopic (exact) mass is 373 g/mol. The molecule has 0 saturated carbocycles. The molecule has 1 aliphatic heterocycles. The fraction of sp³-hybridized carbons (Fsp3) is 0.235. The van der Waals surface area contributed by atoms with E-state index in [4.69, 9.17) is 0 Å². The minimum absolute atomic E-state index is 0.140. The molecule has 26 heavy (non-hydrogen) atoms. The average Bonchev–Trinajstić information content (AvgIpc) is 2.68. The summed E-state index contributed by atoms with van der Waals surface area (Å²) in [6, 6.07) is 11.4. The van der Waals surface area contributed by atoms with Crippen LogP contribution in [0.4, 0.5) is 5.69 Å². The minimum atomic E-state index is -2.40. The van der Waals surface area contributed by atoms with Gasteiger partial charge in [0, 0.05) is 54.9 Å². The fourth-order valence-electron chi connectivity index (χ4n) is 2.72. The maximum absolute atomic E-state index is 12.5. The second-order valence-corrected chi connectivity index (χ2v) is 6.39. The average molecular weight is 373 g/mol. The number of hydrogen-bond donors (Lipinski definition) is 1. The van der Waals surface area contributed by atoms with Crippen LogP contribution in [0.1, 0.15) is 20.8 Å². The van der Waals surface area contributed by atoms with Crippen LogP contribution in [0.3, 0.4) is 0 Å². The van der Waals surface area contributed by atoms with Gasteiger partial charge < -0.3 is 19.1 Å². The van der Waals surface area contributed by atoms with Crippen molar-refractivity contribution in [3.8, 4) is 0 Å². The minimum Gasteiger partial charge on any atom is -0.755 e. The van der Waals surface area contributed by atoms with Gasteiger partial charge >= 0.3 is 0 Å². The van der Waals surface area contributed by atoms with E-state index >= 15 is 0 Å². The first-order chi connectivity index (χ1) is 12.5. The van der Waals surface area contributed by atoms with Gasteiger partial charge in [-0.25, -0.2) is 0 Å². The molecular weight excluding hydrogens is 356 g/mol. The van der Waals surface area contributed by atoms with Crippen molar-refractivity contribution >= 4 is 28.8 Å². The first-order valence-corrected chi connectivity index (χ1v) is 9.07. The van der Waals surface area contributed by atoms with Gasteiger partial charge in [0.05, 0.1) is 0 Å². The van der Waals surface area contributed by atoms with E-state index in [1.165, 1.54) is 12.1 Å². The van der Waals surface area contributed by atoms with Gasteiger partial charge in [-0.05, 0) is 36.4 Å². The molecular formula is C17H17N4O4S-. The first-order valence-electron chi connectivity index (χ1n) is 8.00. The first kappa shape index (κ1) is 18.0. The van der Waals surface area contributed by atoms with Gasteiger partial charge in [-0.15, -0.1) is 0 Å². The van der Waals surface area contributed by atoms with Gasteiger partial charge in [-0.2, -0.15) is 0 Å². The molecule has 1 saturated heterocycles.